The molecule has 0 aromatic carbocycles. The van der Waals surface area contributed by atoms with Crippen molar-refractivity contribution in [3.8, 4) is 5.75 Å². The average molecular weight is 360 g/mol. The van der Waals surface area contributed by atoms with Crippen molar-refractivity contribution in [3.63, 3.8) is 0 Å². The molecule has 8 heteroatoms. The molecule has 2 aliphatic rings. The Labute approximate surface area is 152 Å². The van der Waals surface area contributed by atoms with Gasteiger partial charge in [0.15, 0.2) is 0 Å². The molecule has 0 unspecified atom stereocenters. The first-order valence-corrected chi connectivity index (χ1v) is 8.87. The highest BCUT2D eigenvalue weighted by Gasteiger charge is 2.35. The second-order valence-corrected chi connectivity index (χ2v) is 6.86. The number of aromatic nitrogens is 1. The van der Waals surface area contributed by atoms with E-state index in [0.29, 0.717) is 0 Å². The summed E-state index contributed by atoms with van der Waals surface area (Å²) in [6.45, 7) is 1.73. The molecule has 0 atom stereocenters. The normalized spacial score (nSPS) is 23.3. The van der Waals surface area contributed by atoms with Gasteiger partial charge in [-0.15, -0.1) is 0 Å². The Bertz CT molecular complexity index is 700. The summed E-state index contributed by atoms with van der Waals surface area (Å²) in [5.74, 6) is 0.168. The number of imide groups is 1. The Morgan fingerprint density at radius 1 is 1.31 bits per heavy atom. The molecule has 2 fully saturated rings. The molecule has 1 saturated carbocycles. The zero-order chi connectivity index (χ0) is 18.7. The predicted octanol–water partition coefficient (Wildman–Crippen LogP) is 1.09. The van der Waals surface area contributed by atoms with E-state index in [0.717, 1.165) is 42.0 Å². The third kappa shape index (κ3) is 4.12. The molecule has 1 aliphatic carbocycles. The van der Waals surface area contributed by atoms with Gasteiger partial charge in [0.2, 0.25) is 5.91 Å². The maximum atomic E-state index is 12.2. The number of carbonyl (C=O) groups is 3. The molecule has 1 aromatic rings. The summed E-state index contributed by atoms with van der Waals surface area (Å²) in [7, 11) is 1.55. The van der Waals surface area contributed by atoms with Gasteiger partial charge >= 0.3 is 6.03 Å². The van der Waals surface area contributed by atoms with Gasteiger partial charge in [0.25, 0.3) is 5.91 Å². The van der Waals surface area contributed by atoms with Gasteiger partial charge in [-0.2, -0.15) is 0 Å². The van der Waals surface area contributed by atoms with E-state index in [1.165, 1.54) is 4.90 Å². The van der Waals surface area contributed by atoms with Crippen LogP contribution in [0.15, 0.2) is 18.3 Å². The molecule has 1 aromatic heterocycles. The van der Waals surface area contributed by atoms with Crippen LogP contribution in [0.5, 0.6) is 5.75 Å². The van der Waals surface area contributed by atoms with Gasteiger partial charge in [-0.25, -0.2) is 4.79 Å². The predicted molar refractivity (Wildman–Crippen MR) is 93.5 cm³/mol. The van der Waals surface area contributed by atoms with E-state index in [2.05, 4.69) is 10.3 Å². The number of ether oxygens (including phenoxy) is 1. The Kier molecular flexibility index (Phi) is 5.39. The fourth-order valence-corrected chi connectivity index (χ4v) is 3.34. The average Bonchev–Trinajstić information content (AvgIpc) is 2.85. The van der Waals surface area contributed by atoms with Crippen LogP contribution in [0.1, 0.15) is 31.4 Å². The van der Waals surface area contributed by atoms with Crippen LogP contribution < -0.4 is 10.1 Å². The summed E-state index contributed by atoms with van der Waals surface area (Å²) in [5, 5.41) is 2.93. The number of urea groups is 1. The van der Waals surface area contributed by atoms with Gasteiger partial charge in [0, 0.05) is 19.3 Å². The zero-order valence-corrected chi connectivity index (χ0v) is 15.1. The molecule has 140 valence electrons. The summed E-state index contributed by atoms with van der Waals surface area (Å²) < 4.78 is 6.01. The maximum absolute atomic E-state index is 12.2. The smallest absolute Gasteiger partial charge is 0.327 e. The molecule has 1 N–H and O–H groups in total. The number of nitrogens with zero attached hydrogens (tertiary/aromatic N) is 3. The maximum Gasteiger partial charge on any atom is 0.327 e. The molecule has 1 saturated heterocycles. The van der Waals surface area contributed by atoms with Crippen molar-refractivity contribution >= 4 is 17.8 Å². The van der Waals surface area contributed by atoms with Crippen LogP contribution >= 0.6 is 0 Å². The molecule has 4 amide bonds. The summed E-state index contributed by atoms with van der Waals surface area (Å²) in [5.41, 5.74) is 0.868. The standard InChI is InChI=1S/C18H24N4O4/c1-12-15(4-3-9-19-12)26-14-7-5-13(6-8-14)20-16(23)10-22-17(24)11-21(2)18(22)25/h3-4,9,13-14H,5-8,10-11H2,1-2H3,(H,20,23). The number of hydrogen-bond donors (Lipinski definition) is 1. The summed E-state index contributed by atoms with van der Waals surface area (Å²) >= 11 is 0. The molecule has 8 nitrogen and oxygen atoms in total. The number of hydrogen-bond acceptors (Lipinski definition) is 5. The van der Waals surface area contributed by atoms with Crippen molar-refractivity contribution in [1.29, 1.82) is 0 Å². The molecule has 1 aliphatic heterocycles. The number of aryl methyl sites for hydroxylation is 1. The molecule has 26 heavy (non-hydrogen) atoms. The second-order valence-electron chi connectivity index (χ2n) is 6.86. The largest absolute Gasteiger partial charge is 0.489 e. The van der Waals surface area contributed by atoms with Gasteiger partial charge < -0.3 is 15.0 Å². The number of amides is 4. The molecule has 3 rings (SSSR count). The molecule has 0 spiro atoms. The number of pyridine rings is 1. The molecular formula is C18H24N4O4. The summed E-state index contributed by atoms with van der Waals surface area (Å²) in [4.78, 5) is 42.2. The summed E-state index contributed by atoms with van der Waals surface area (Å²) in [6, 6.07) is 3.39. The lowest BCUT2D eigenvalue weighted by atomic mass is 9.93. The van der Waals surface area contributed by atoms with Crippen LogP contribution in [0.3, 0.4) is 0 Å². The molecule has 0 radical (unpaired) electrons. The van der Waals surface area contributed by atoms with Gasteiger partial charge in [-0.05, 0) is 44.7 Å². The topological polar surface area (TPSA) is 91.8 Å². The van der Waals surface area contributed by atoms with E-state index in [-0.39, 0.29) is 37.0 Å². The Hall–Kier alpha value is -2.64. The minimum atomic E-state index is -0.422. The van der Waals surface area contributed by atoms with Crippen molar-refractivity contribution in [2.45, 2.75) is 44.8 Å². The quantitative estimate of drug-likeness (QED) is 0.794. The number of rotatable bonds is 5. The van der Waals surface area contributed by atoms with Crippen molar-refractivity contribution in [3.05, 3.63) is 24.0 Å². The molecular weight excluding hydrogens is 336 g/mol. The first kappa shape index (κ1) is 18.2. The van der Waals surface area contributed by atoms with Crippen LogP contribution in [0.25, 0.3) is 0 Å². The lowest BCUT2D eigenvalue weighted by Crippen LogP contribution is -2.46. The van der Waals surface area contributed by atoms with Crippen molar-refractivity contribution in [2.75, 3.05) is 20.1 Å². The Morgan fingerprint density at radius 3 is 2.65 bits per heavy atom. The first-order valence-electron chi connectivity index (χ1n) is 8.87. The highest BCUT2D eigenvalue weighted by molar-refractivity contribution is 6.04. The van der Waals surface area contributed by atoms with Crippen molar-refractivity contribution < 1.29 is 19.1 Å². The Morgan fingerprint density at radius 2 is 2.04 bits per heavy atom. The van der Waals surface area contributed by atoms with Gasteiger partial charge in [-0.1, -0.05) is 0 Å². The van der Waals surface area contributed by atoms with E-state index in [1.54, 1.807) is 13.2 Å². The van der Waals surface area contributed by atoms with Gasteiger partial charge in [-0.3, -0.25) is 19.5 Å². The summed E-state index contributed by atoms with van der Waals surface area (Å²) in [6.07, 6.45) is 5.13. The number of likely N-dealkylation sites (N-methyl/N-ethyl adjacent to an activating group) is 1. The van der Waals surface area contributed by atoms with E-state index in [1.807, 2.05) is 19.1 Å². The Balaban J connectivity index is 1.44. The lowest BCUT2D eigenvalue weighted by molar-refractivity contribution is -0.131. The SMILES string of the molecule is Cc1ncccc1OC1CCC(NC(=O)CN2C(=O)CN(C)C2=O)CC1. The van der Waals surface area contributed by atoms with Crippen molar-refractivity contribution in [2.24, 2.45) is 0 Å². The highest BCUT2D eigenvalue weighted by atomic mass is 16.5. The zero-order valence-electron chi connectivity index (χ0n) is 15.1. The van der Waals surface area contributed by atoms with Crippen LogP contribution in [-0.2, 0) is 9.59 Å². The minimum Gasteiger partial charge on any atom is -0.489 e. The second kappa shape index (κ2) is 7.72. The van der Waals surface area contributed by atoms with Gasteiger partial charge in [0.05, 0.1) is 11.8 Å². The molecule has 2 heterocycles. The van der Waals surface area contributed by atoms with Crippen molar-refractivity contribution in [1.82, 2.24) is 20.1 Å². The minimum absolute atomic E-state index is 0.0301. The first-order chi connectivity index (χ1) is 12.4. The number of nitrogens with one attached hydrogen (secondary N) is 1. The van der Waals surface area contributed by atoms with Crippen LogP contribution in [0.4, 0.5) is 4.79 Å². The van der Waals surface area contributed by atoms with Crippen LogP contribution in [0.2, 0.25) is 0 Å². The fourth-order valence-electron chi connectivity index (χ4n) is 3.34. The molecule has 0 bridgehead atoms. The van der Waals surface area contributed by atoms with E-state index in [4.69, 9.17) is 4.74 Å². The monoisotopic (exact) mass is 360 g/mol. The van der Waals surface area contributed by atoms with E-state index < -0.39 is 6.03 Å². The lowest BCUT2D eigenvalue weighted by Gasteiger charge is -2.30. The van der Waals surface area contributed by atoms with E-state index >= 15 is 0 Å². The van der Waals surface area contributed by atoms with Gasteiger partial charge in [0.1, 0.15) is 18.8 Å². The van der Waals surface area contributed by atoms with Crippen LogP contribution in [0, 0.1) is 6.92 Å². The number of carbonyl (C=O) groups excluding carboxylic acids is 3. The van der Waals surface area contributed by atoms with Crippen LogP contribution in [-0.4, -0.2) is 64.9 Å². The fraction of sp³-hybridized carbons (Fsp3) is 0.556. The third-order valence-electron chi connectivity index (χ3n) is 4.82. The van der Waals surface area contributed by atoms with E-state index in [9.17, 15) is 14.4 Å². The highest BCUT2D eigenvalue weighted by Crippen LogP contribution is 2.25. The third-order valence-corrected chi connectivity index (χ3v) is 4.82.